The van der Waals surface area contributed by atoms with Gasteiger partial charge < -0.3 is 15.0 Å². The Morgan fingerprint density at radius 2 is 1.91 bits per heavy atom. The average Bonchev–Trinajstić information content (AvgIpc) is 3.46. The van der Waals surface area contributed by atoms with Crippen LogP contribution in [0, 0.1) is 0 Å². The number of methoxy groups -OCH3 is 1. The van der Waals surface area contributed by atoms with E-state index < -0.39 is 5.54 Å². The Hall–Kier alpha value is -3.35. The molecule has 2 aromatic carbocycles. The molecule has 2 amide bonds. The maximum Gasteiger partial charge on any atom is 0.222 e. The summed E-state index contributed by atoms with van der Waals surface area (Å²) in [6.07, 6.45) is 7.37. The van der Waals surface area contributed by atoms with Gasteiger partial charge in [-0.25, -0.2) is 0 Å². The molecule has 2 N–H and O–H groups in total. The largest absolute Gasteiger partial charge is 0.496 e. The summed E-state index contributed by atoms with van der Waals surface area (Å²) < 4.78 is 5.55. The lowest BCUT2D eigenvalue weighted by Gasteiger charge is -2.31. The number of nitrogens with zero attached hydrogens (tertiary/aromatic N) is 2. The fourth-order valence-corrected chi connectivity index (χ4v) is 5.74. The number of aromatic nitrogens is 2. The van der Waals surface area contributed by atoms with Gasteiger partial charge in [0.1, 0.15) is 5.75 Å². The van der Waals surface area contributed by atoms with Crippen LogP contribution in [0.5, 0.6) is 5.75 Å². The van der Waals surface area contributed by atoms with Gasteiger partial charge in [-0.05, 0) is 67.5 Å². The monoisotopic (exact) mass is 474 g/mol. The number of aryl methyl sites for hydroxylation is 1. The summed E-state index contributed by atoms with van der Waals surface area (Å²) in [4.78, 5) is 27.2. The SMILES string of the molecule is COc1ccc(C[C@]2(CCC(=O)N(C)Cc3n[nH]c4c3CCCC4)CCC(=O)N2)c2ccccc12. The van der Waals surface area contributed by atoms with E-state index in [0.717, 1.165) is 47.0 Å². The average molecular weight is 475 g/mol. The standard InChI is InChI=1S/C28H34N4O3/c1-32(18-24-22-9-5-6-10-23(22)30-31-24)27(34)14-16-28(15-13-26(33)29-28)17-19-11-12-25(35-2)21-8-4-3-7-20(19)21/h3-4,7-8,11-12H,5-6,9-10,13-18H2,1-2H3,(H,29,33)(H,30,31)/t28-/m1/s1. The molecule has 3 aromatic rings. The second-order valence-electron chi connectivity index (χ2n) is 10.1. The summed E-state index contributed by atoms with van der Waals surface area (Å²) in [5.41, 5.74) is 4.25. The van der Waals surface area contributed by atoms with Crippen molar-refractivity contribution in [2.75, 3.05) is 14.2 Å². The Balaban J connectivity index is 1.30. The van der Waals surface area contributed by atoms with Crippen LogP contribution in [0.25, 0.3) is 10.8 Å². The molecular weight excluding hydrogens is 440 g/mol. The Kier molecular flexibility index (Phi) is 6.50. The number of hydrogen-bond acceptors (Lipinski definition) is 4. The lowest BCUT2D eigenvalue weighted by Crippen LogP contribution is -2.44. The number of nitrogens with one attached hydrogen (secondary N) is 2. The Morgan fingerprint density at radius 1 is 1.11 bits per heavy atom. The van der Waals surface area contributed by atoms with Crippen molar-refractivity contribution in [3.63, 3.8) is 0 Å². The highest BCUT2D eigenvalue weighted by Crippen LogP contribution is 2.35. The van der Waals surface area contributed by atoms with Gasteiger partial charge in [-0.2, -0.15) is 5.10 Å². The Bertz CT molecular complexity index is 1250. The Morgan fingerprint density at radius 3 is 2.69 bits per heavy atom. The molecule has 2 heterocycles. The summed E-state index contributed by atoms with van der Waals surface area (Å²) in [5.74, 6) is 0.982. The van der Waals surface area contributed by atoms with Crippen molar-refractivity contribution in [1.82, 2.24) is 20.4 Å². The summed E-state index contributed by atoms with van der Waals surface area (Å²) in [7, 11) is 3.53. The molecule has 1 aliphatic heterocycles. The number of carbonyl (C=O) groups excluding carboxylic acids is 2. The number of amides is 2. The highest BCUT2D eigenvalue weighted by molar-refractivity contribution is 5.91. The van der Waals surface area contributed by atoms with E-state index in [4.69, 9.17) is 4.74 Å². The zero-order chi connectivity index (χ0) is 24.4. The van der Waals surface area contributed by atoms with Crippen molar-refractivity contribution < 1.29 is 14.3 Å². The van der Waals surface area contributed by atoms with Gasteiger partial charge >= 0.3 is 0 Å². The Labute approximate surface area is 206 Å². The minimum absolute atomic E-state index is 0.0618. The van der Waals surface area contributed by atoms with Crippen LogP contribution >= 0.6 is 0 Å². The predicted molar refractivity (Wildman–Crippen MR) is 135 cm³/mol. The molecule has 0 radical (unpaired) electrons. The third kappa shape index (κ3) is 4.77. The third-order valence-electron chi connectivity index (χ3n) is 7.73. The fourth-order valence-electron chi connectivity index (χ4n) is 5.74. The molecule has 0 unspecified atom stereocenters. The topological polar surface area (TPSA) is 87.3 Å². The lowest BCUT2D eigenvalue weighted by atomic mass is 9.83. The van der Waals surface area contributed by atoms with Crippen molar-refractivity contribution in [3.05, 3.63) is 58.9 Å². The number of rotatable bonds is 8. The number of benzene rings is 2. The van der Waals surface area contributed by atoms with Crippen LogP contribution in [-0.4, -0.2) is 46.6 Å². The van der Waals surface area contributed by atoms with E-state index >= 15 is 0 Å². The van der Waals surface area contributed by atoms with E-state index in [-0.39, 0.29) is 11.8 Å². The van der Waals surface area contributed by atoms with E-state index in [9.17, 15) is 9.59 Å². The first-order valence-corrected chi connectivity index (χ1v) is 12.6. The van der Waals surface area contributed by atoms with Gasteiger partial charge in [0.25, 0.3) is 0 Å². The molecule has 5 rings (SSSR count). The number of H-pyrrole nitrogens is 1. The second kappa shape index (κ2) is 9.72. The summed E-state index contributed by atoms with van der Waals surface area (Å²) >= 11 is 0. The molecular formula is C28H34N4O3. The van der Waals surface area contributed by atoms with Gasteiger partial charge in [0.05, 0.1) is 19.3 Å². The van der Waals surface area contributed by atoms with Crippen molar-refractivity contribution >= 4 is 22.6 Å². The van der Waals surface area contributed by atoms with Crippen molar-refractivity contribution in [1.29, 1.82) is 0 Å². The van der Waals surface area contributed by atoms with Crippen molar-refractivity contribution in [3.8, 4) is 5.75 Å². The number of hydrogen-bond donors (Lipinski definition) is 2. The van der Waals surface area contributed by atoms with Gasteiger partial charge in [-0.15, -0.1) is 0 Å². The van der Waals surface area contributed by atoms with Gasteiger partial charge in [0.2, 0.25) is 11.8 Å². The molecule has 184 valence electrons. The van der Waals surface area contributed by atoms with Gasteiger partial charge in [0, 0.05) is 36.5 Å². The molecule has 1 atom stereocenters. The molecule has 7 nitrogen and oxygen atoms in total. The molecule has 1 aliphatic carbocycles. The van der Waals surface area contributed by atoms with Gasteiger partial charge in [-0.1, -0.05) is 30.3 Å². The van der Waals surface area contributed by atoms with Crippen LogP contribution in [0.1, 0.15) is 61.0 Å². The molecule has 0 bridgehead atoms. The highest BCUT2D eigenvalue weighted by Gasteiger charge is 2.38. The highest BCUT2D eigenvalue weighted by atomic mass is 16.5. The second-order valence-corrected chi connectivity index (χ2v) is 10.1. The van der Waals surface area contributed by atoms with E-state index in [1.165, 1.54) is 24.1 Å². The van der Waals surface area contributed by atoms with E-state index in [1.54, 1.807) is 12.0 Å². The van der Waals surface area contributed by atoms with Crippen LogP contribution in [0.3, 0.4) is 0 Å². The molecule has 0 saturated carbocycles. The third-order valence-corrected chi connectivity index (χ3v) is 7.73. The first-order chi connectivity index (χ1) is 17.0. The van der Waals surface area contributed by atoms with Crippen LogP contribution in [-0.2, 0) is 35.4 Å². The smallest absolute Gasteiger partial charge is 0.222 e. The maximum absolute atomic E-state index is 13.1. The van der Waals surface area contributed by atoms with E-state index in [0.29, 0.717) is 32.2 Å². The van der Waals surface area contributed by atoms with Crippen molar-refractivity contribution in [2.45, 2.75) is 69.9 Å². The minimum atomic E-state index is -0.420. The van der Waals surface area contributed by atoms with Crippen molar-refractivity contribution in [2.24, 2.45) is 0 Å². The first-order valence-electron chi connectivity index (χ1n) is 12.6. The van der Waals surface area contributed by atoms with E-state index in [1.807, 2.05) is 25.2 Å². The number of fused-ring (bicyclic) bond motifs is 2. The molecule has 2 aliphatic rings. The van der Waals surface area contributed by atoms with Crippen LogP contribution in [0.4, 0.5) is 0 Å². The number of aromatic amines is 1. The molecule has 0 spiro atoms. The number of carbonyl (C=O) groups is 2. The molecule has 1 fully saturated rings. The maximum atomic E-state index is 13.1. The van der Waals surface area contributed by atoms with Crippen LogP contribution in [0.15, 0.2) is 36.4 Å². The first kappa shape index (κ1) is 23.4. The van der Waals surface area contributed by atoms with Crippen LogP contribution in [0.2, 0.25) is 0 Å². The number of ether oxygens (including phenoxy) is 1. The summed E-state index contributed by atoms with van der Waals surface area (Å²) in [6.45, 7) is 0.521. The summed E-state index contributed by atoms with van der Waals surface area (Å²) in [6, 6.07) is 12.3. The fraction of sp³-hybridized carbons (Fsp3) is 0.464. The molecule has 35 heavy (non-hydrogen) atoms. The quantitative estimate of drug-likeness (QED) is 0.515. The zero-order valence-corrected chi connectivity index (χ0v) is 20.7. The minimum Gasteiger partial charge on any atom is -0.496 e. The van der Waals surface area contributed by atoms with Crippen LogP contribution < -0.4 is 10.1 Å². The van der Waals surface area contributed by atoms with E-state index in [2.05, 4.69) is 33.7 Å². The van der Waals surface area contributed by atoms with Gasteiger partial charge in [0.15, 0.2) is 0 Å². The normalized spacial score (nSPS) is 19.4. The van der Waals surface area contributed by atoms with Gasteiger partial charge in [-0.3, -0.25) is 14.7 Å². The molecule has 1 saturated heterocycles. The molecule has 1 aromatic heterocycles. The predicted octanol–water partition coefficient (Wildman–Crippen LogP) is 4.08. The summed E-state index contributed by atoms with van der Waals surface area (Å²) in [5, 5.41) is 13.1. The lowest BCUT2D eigenvalue weighted by molar-refractivity contribution is -0.131. The zero-order valence-electron chi connectivity index (χ0n) is 20.7. The molecule has 7 heteroatoms.